The molecule has 2 N–H and O–H groups in total. The zero-order valence-corrected chi connectivity index (χ0v) is 8.73. The Morgan fingerprint density at radius 3 is 3.07 bits per heavy atom. The largest absolute Gasteiger partial charge is 0.477 e. The zero-order valence-electron chi connectivity index (χ0n) is 8.73. The first kappa shape index (κ1) is 9.76. The van der Waals surface area contributed by atoms with Crippen LogP contribution in [0.5, 0.6) is 5.75 Å². The summed E-state index contributed by atoms with van der Waals surface area (Å²) in [5.41, 5.74) is 6.14. The predicted molar refractivity (Wildman–Crippen MR) is 56.8 cm³/mol. The van der Waals surface area contributed by atoms with Gasteiger partial charge in [-0.05, 0) is 6.42 Å². The molecule has 1 aliphatic rings. The van der Waals surface area contributed by atoms with Crippen molar-refractivity contribution in [3.05, 3.63) is 12.3 Å². The fourth-order valence-corrected chi connectivity index (χ4v) is 1.57. The summed E-state index contributed by atoms with van der Waals surface area (Å²) >= 11 is 0. The lowest BCUT2D eigenvalue weighted by Crippen LogP contribution is -2.43. The van der Waals surface area contributed by atoms with Crippen LogP contribution >= 0.6 is 0 Å². The van der Waals surface area contributed by atoms with Crippen LogP contribution in [0.2, 0.25) is 0 Å². The average Bonchev–Trinajstić information content (AvgIpc) is 2.23. The summed E-state index contributed by atoms with van der Waals surface area (Å²) in [6.07, 6.45) is 1.72. The second kappa shape index (κ2) is 3.42. The molecule has 5 heteroatoms. The van der Waals surface area contributed by atoms with Crippen LogP contribution in [0.3, 0.4) is 0 Å². The maximum absolute atomic E-state index is 11.7. The number of hydrogen-bond donors (Lipinski definition) is 1. The minimum atomic E-state index is -0.425. The third-order valence-corrected chi connectivity index (χ3v) is 2.42. The number of ether oxygens (including phenoxy) is 1. The molecule has 0 aromatic carbocycles. The first-order chi connectivity index (χ1) is 7.13. The van der Waals surface area contributed by atoms with E-state index in [1.165, 1.54) is 11.1 Å². The molecule has 1 aliphatic heterocycles. The van der Waals surface area contributed by atoms with Gasteiger partial charge in [-0.1, -0.05) is 6.92 Å². The molecule has 0 saturated heterocycles. The summed E-state index contributed by atoms with van der Waals surface area (Å²) in [7, 11) is 1.69. The minimum absolute atomic E-state index is 0.0673. The van der Waals surface area contributed by atoms with Crippen LogP contribution in [0, 0.1) is 0 Å². The van der Waals surface area contributed by atoms with Crippen molar-refractivity contribution in [3.63, 3.8) is 0 Å². The van der Waals surface area contributed by atoms with Gasteiger partial charge in [0.2, 0.25) is 0 Å². The van der Waals surface area contributed by atoms with E-state index in [1.807, 2.05) is 6.92 Å². The van der Waals surface area contributed by atoms with E-state index in [-0.39, 0.29) is 5.91 Å². The molecular formula is C10H13N3O2. The first-order valence-corrected chi connectivity index (χ1v) is 4.83. The number of anilines is 2. The van der Waals surface area contributed by atoms with Crippen LogP contribution in [-0.2, 0) is 4.79 Å². The summed E-state index contributed by atoms with van der Waals surface area (Å²) in [6.45, 7) is 1.90. The molecule has 1 amide bonds. The quantitative estimate of drug-likeness (QED) is 0.739. The van der Waals surface area contributed by atoms with E-state index in [4.69, 9.17) is 10.5 Å². The van der Waals surface area contributed by atoms with Crippen molar-refractivity contribution < 1.29 is 9.53 Å². The molecule has 0 bridgehead atoms. The summed E-state index contributed by atoms with van der Waals surface area (Å²) in [4.78, 5) is 17.3. The van der Waals surface area contributed by atoms with Crippen LogP contribution in [0.1, 0.15) is 13.3 Å². The number of rotatable bonds is 1. The highest BCUT2D eigenvalue weighted by Gasteiger charge is 2.31. The summed E-state index contributed by atoms with van der Waals surface area (Å²) < 4.78 is 5.51. The van der Waals surface area contributed by atoms with E-state index in [2.05, 4.69) is 4.98 Å². The number of fused-ring (bicyclic) bond motifs is 1. The number of likely N-dealkylation sites (N-methyl/N-ethyl adjacent to an activating group) is 1. The highest BCUT2D eigenvalue weighted by molar-refractivity contribution is 5.98. The van der Waals surface area contributed by atoms with Gasteiger partial charge < -0.3 is 10.5 Å². The van der Waals surface area contributed by atoms with Crippen molar-refractivity contribution in [1.82, 2.24) is 4.98 Å². The van der Waals surface area contributed by atoms with Crippen LogP contribution in [0.4, 0.5) is 11.5 Å². The van der Waals surface area contributed by atoms with Crippen molar-refractivity contribution in [2.75, 3.05) is 17.7 Å². The Kier molecular flexibility index (Phi) is 2.22. The molecule has 0 radical (unpaired) electrons. The van der Waals surface area contributed by atoms with Crippen LogP contribution in [-0.4, -0.2) is 24.0 Å². The van der Waals surface area contributed by atoms with Crippen molar-refractivity contribution in [3.8, 4) is 5.75 Å². The second-order valence-electron chi connectivity index (χ2n) is 3.50. The smallest absolute Gasteiger partial charge is 0.269 e. The molecule has 80 valence electrons. The molecular weight excluding hydrogens is 194 g/mol. The van der Waals surface area contributed by atoms with E-state index >= 15 is 0 Å². The van der Waals surface area contributed by atoms with E-state index < -0.39 is 6.10 Å². The van der Waals surface area contributed by atoms with Crippen LogP contribution < -0.4 is 15.4 Å². The second-order valence-corrected chi connectivity index (χ2v) is 3.50. The Morgan fingerprint density at radius 1 is 1.67 bits per heavy atom. The molecule has 1 aromatic rings. The molecule has 2 heterocycles. The molecule has 1 aromatic heterocycles. The van der Waals surface area contributed by atoms with Crippen molar-refractivity contribution in [1.29, 1.82) is 0 Å². The molecule has 1 atom stereocenters. The van der Waals surface area contributed by atoms with Gasteiger partial charge in [-0.15, -0.1) is 0 Å². The number of nitrogen functional groups attached to an aromatic ring is 1. The molecule has 0 aliphatic carbocycles. The Bertz CT molecular complexity index is 406. The first-order valence-electron chi connectivity index (χ1n) is 4.83. The average molecular weight is 207 g/mol. The highest BCUT2D eigenvalue weighted by atomic mass is 16.5. The normalized spacial score (nSPS) is 19.7. The third-order valence-electron chi connectivity index (χ3n) is 2.42. The van der Waals surface area contributed by atoms with Gasteiger partial charge in [0.25, 0.3) is 5.91 Å². The van der Waals surface area contributed by atoms with Crippen LogP contribution in [0.25, 0.3) is 0 Å². The topological polar surface area (TPSA) is 68.5 Å². The summed E-state index contributed by atoms with van der Waals surface area (Å²) in [5.74, 6) is 1.03. The lowest BCUT2D eigenvalue weighted by Gasteiger charge is -2.30. The predicted octanol–water partition coefficient (Wildman–Crippen LogP) is 0.798. The standard InChI is InChI=1S/C10H13N3O2/c1-3-7-10(14)13(2)9-8(15-7)4-6(11)5-12-9/h4-5,7H,3,11H2,1-2H3. The number of carbonyl (C=O) groups excluding carboxylic acids is 1. The van der Waals surface area contributed by atoms with Crippen molar-refractivity contribution in [2.45, 2.75) is 19.4 Å². The Hall–Kier alpha value is -1.78. The number of aromatic nitrogens is 1. The van der Waals surface area contributed by atoms with Gasteiger partial charge in [0, 0.05) is 13.1 Å². The summed E-state index contributed by atoms with van der Waals surface area (Å²) in [5, 5.41) is 0. The van der Waals surface area contributed by atoms with E-state index in [1.54, 1.807) is 13.1 Å². The van der Waals surface area contributed by atoms with Crippen molar-refractivity contribution >= 4 is 17.4 Å². The Labute approximate surface area is 87.8 Å². The number of hydrogen-bond acceptors (Lipinski definition) is 4. The maximum Gasteiger partial charge on any atom is 0.269 e. The third kappa shape index (κ3) is 1.49. The van der Waals surface area contributed by atoms with Crippen molar-refractivity contribution in [2.24, 2.45) is 0 Å². The Morgan fingerprint density at radius 2 is 2.40 bits per heavy atom. The van der Waals surface area contributed by atoms with Crippen LogP contribution in [0.15, 0.2) is 12.3 Å². The maximum atomic E-state index is 11.7. The molecule has 5 nitrogen and oxygen atoms in total. The number of pyridine rings is 1. The lowest BCUT2D eigenvalue weighted by molar-refractivity contribution is -0.126. The Balaban J connectivity index is 2.45. The lowest BCUT2D eigenvalue weighted by atomic mass is 10.2. The molecule has 0 fully saturated rings. The van der Waals surface area contributed by atoms with Gasteiger partial charge in [0.1, 0.15) is 0 Å². The zero-order chi connectivity index (χ0) is 11.0. The molecule has 0 spiro atoms. The number of nitrogens with zero attached hydrogens (tertiary/aromatic N) is 2. The molecule has 2 rings (SSSR count). The van der Waals surface area contributed by atoms with Gasteiger partial charge in [-0.25, -0.2) is 4.98 Å². The number of nitrogens with two attached hydrogens (primary N) is 1. The molecule has 1 unspecified atom stereocenters. The van der Waals surface area contributed by atoms with Gasteiger partial charge in [0.05, 0.1) is 11.9 Å². The fraction of sp³-hybridized carbons (Fsp3) is 0.400. The highest BCUT2D eigenvalue weighted by Crippen LogP contribution is 2.32. The molecule has 15 heavy (non-hydrogen) atoms. The minimum Gasteiger partial charge on any atom is -0.477 e. The van der Waals surface area contributed by atoms with Gasteiger partial charge in [-0.3, -0.25) is 9.69 Å². The fourth-order valence-electron chi connectivity index (χ4n) is 1.57. The SMILES string of the molecule is CCC1Oc2cc(N)cnc2N(C)C1=O. The van der Waals surface area contributed by atoms with Gasteiger partial charge in [0.15, 0.2) is 17.7 Å². The number of carbonyl (C=O) groups is 1. The van der Waals surface area contributed by atoms with E-state index in [0.29, 0.717) is 23.7 Å². The number of amides is 1. The van der Waals surface area contributed by atoms with E-state index in [9.17, 15) is 4.79 Å². The van der Waals surface area contributed by atoms with Gasteiger partial charge >= 0.3 is 0 Å². The molecule has 0 saturated carbocycles. The van der Waals surface area contributed by atoms with E-state index in [0.717, 1.165) is 0 Å². The summed E-state index contributed by atoms with van der Waals surface area (Å²) in [6, 6.07) is 1.69. The van der Waals surface area contributed by atoms with Gasteiger partial charge in [-0.2, -0.15) is 0 Å². The monoisotopic (exact) mass is 207 g/mol.